The van der Waals surface area contributed by atoms with E-state index in [1.165, 1.54) is 12.1 Å². The van der Waals surface area contributed by atoms with Crippen molar-refractivity contribution in [3.05, 3.63) is 22.7 Å². The third-order valence-corrected chi connectivity index (χ3v) is 3.32. The van der Waals surface area contributed by atoms with Crippen molar-refractivity contribution in [2.45, 2.75) is 39.2 Å². The summed E-state index contributed by atoms with van der Waals surface area (Å²) in [4.78, 5) is 23.2. The fraction of sp³-hybridized carbons (Fsp3) is 0.500. The Kier molecular flexibility index (Phi) is 8.40. The standard InChI is InChI=1S/C16H20ClF2NO5/c1-3-5-25-14-10(17)6-9(7-12(14)24-4-2)15(21)20-11(16(22)23)8-13(18)19/h6-7,11,13H,3-5,8H2,1-2H3,(H,20,21)(H,22,23). The average molecular weight is 380 g/mol. The molecule has 0 aromatic heterocycles. The molecule has 2 N–H and O–H groups in total. The van der Waals surface area contributed by atoms with Gasteiger partial charge in [0.2, 0.25) is 6.43 Å². The molecule has 0 radical (unpaired) electrons. The number of amides is 1. The highest BCUT2D eigenvalue weighted by Gasteiger charge is 2.25. The summed E-state index contributed by atoms with van der Waals surface area (Å²) in [6.07, 6.45) is -3.13. The van der Waals surface area contributed by atoms with E-state index in [0.717, 1.165) is 6.42 Å². The van der Waals surface area contributed by atoms with Crippen LogP contribution in [-0.4, -0.2) is 42.7 Å². The molecule has 1 rings (SSSR count). The number of aliphatic carboxylic acids is 1. The van der Waals surface area contributed by atoms with Crippen LogP contribution in [0.1, 0.15) is 37.0 Å². The van der Waals surface area contributed by atoms with E-state index in [2.05, 4.69) is 0 Å². The average Bonchev–Trinajstić information content (AvgIpc) is 2.53. The van der Waals surface area contributed by atoms with E-state index in [-0.39, 0.29) is 28.7 Å². The molecule has 0 heterocycles. The van der Waals surface area contributed by atoms with Crippen molar-refractivity contribution in [2.24, 2.45) is 0 Å². The molecule has 0 bridgehead atoms. The number of hydrogen-bond acceptors (Lipinski definition) is 4. The van der Waals surface area contributed by atoms with Crippen molar-refractivity contribution in [2.75, 3.05) is 13.2 Å². The molecular weight excluding hydrogens is 360 g/mol. The molecule has 1 atom stereocenters. The summed E-state index contributed by atoms with van der Waals surface area (Å²) in [5.41, 5.74) is -0.0159. The summed E-state index contributed by atoms with van der Waals surface area (Å²) < 4.78 is 35.7. The second kappa shape index (κ2) is 10.0. The van der Waals surface area contributed by atoms with Gasteiger partial charge >= 0.3 is 5.97 Å². The van der Waals surface area contributed by atoms with Gasteiger partial charge in [0.15, 0.2) is 11.5 Å². The minimum absolute atomic E-state index is 0.0159. The van der Waals surface area contributed by atoms with Crippen LogP contribution in [0.15, 0.2) is 12.1 Å². The highest BCUT2D eigenvalue weighted by atomic mass is 35.5. The van der Waals surface area contributed by atoms with E-state index in [9.17, 15) is 18.4 Å². The zero-order valence-electron chi connectivity index (χ0n) is 13.9. The Morgan fingerprint density at radius 1 is 1.28 bits per heavy atom. The maximum absolute atomic E-state index is 12.4. The van der Waals surface area contributed by atoms with Crippen LogP contribution in [0.2, 0.25) is 5.02 Å². The third kappa shape index (κ3) is 6.38. The summed E-state index contributed by atoms with van der Waals surface area (Å²) in [5, 5.41) is 11.1. The van der Waals surface area contributed by atoms with E-state index in [1.54, 1.807) is 6.92 Å². The van der Waals surface area contributed by atoms with Crippen LogP contribution in [0.3, 0.4) is 0 Å². The van der Waals surface area contributed by atoms with Gasteiger partial charge in [0.05, 0.1) is 18.2 Å². The monoisotopic (exact) mass is 379 g/mol. The fourth-order valence-electron chi connectivity index (χ4n) is 1.95. The van der Waals surface area contributed by atoms with Gasteiger partial charge in [-0.3, -0.25) is 4.79 Å². The van der Waals surface area contributed by atoms with Crippen LogP contribution in [0.5, 0.6) is 11.5 Å². The number of carbonyl (C=O) groups is 2. The van der Waals surface area contributed by atoms with Crippen LogP contribution < -0.4 is 14.8 Å². The lowest BCUT2D eigenvalue weighted by Crippen LogP contribution is -2.42. The van der Waals surface area contributed by atoms with E-state index < -0.39 is 30.8 Å². The summed E-state index contributed by atoms with van der Waals surface area (Å²) in [7, 11) is 0. The van der Waals surface area contributed by atoms with E-state index in [4.69, 9.17) is 26.2 Å². The van der Waals surface area contributed by atoms with Gasteiger partial charge in [0, 0.05) is 12.0 Å². The molecule has 0 aliphatic heterocycles. The predicted molar refractivity (Wildman–Crippen MR) is 87.9 cm³/mol. The van der Waals surface area contributed by atoms with Gasteiger partial charge in [-0.25, -0.2) is 13.6 Å². The number of alkyl halides is 2. The minimum Gasteiger partial charge on any atom is -0.490 e. The lowest BCUT2D eigenvalue weighted by molar-refractivity contribution is -0.140. The maximum Gasteiger partial charge on any atom is 0.326 e. The van der Waals surface area contributed by atoms with Crippen molar-refractivity contribution >= 4 is 23.5 Å². The predicted octanol–water partition coefficient (Wildman–Crippen LogP) is 3.37. The third-order valence-electron chi connectivity index (χ3n) is 3.04. The molecule has 1 aromatic rings. The first-order valence-electron chi connectivity index (χ1n) is 7.71. The lowest BCUT2D eigenvalue weighted by atomic mass is 10.1. The number of carboxylic acid groups (broad SMARTS) is 1. The largest absolute Gasteiger partial charge is 0.490 e. The van der Waals surface area contributed by atoms with Gasteiger partial charge in [-0.2, -0.15) is 0 Å². The molecule has 25 heavy (non-hydrogen) atoms. The Bertz CT molecular complexity index is 612. The zero-order chi connectivity index (χ0) is 19.0. The topological polar surface area (TPSA) is 84.9 Å². The molecule has 140 valence electrons. The van der Waals surface area contributed by atoms with Crippen LogP contribution in [0.4, 0.5) is 8.78 Å². The van der Waals surface area contributed by atoms with Crippen molar-refractivity contribution in [1.29, 1.82) is 0 Å². The normalized spacial score (nSPS) is 11.9. The summed E-state index contributed by atoms with van der Waals surface area (Å²) in [5.74, 6) is -1.91. The van der Waals surface area contributed by atoms with Crippen molar-refractivity contribution in [3.63, 3.8) is 0 Å². The molecule has 1 amide bonds. The van der Waals surface area contributed by atoms with Gasteiger partial charge < -0.3 is 19.9 Å². The molecule has 9 heteroatoms. The smallest absolute Gasteiger partial charge is 0.326 e. The van der Waals surface area contributed by atoms with Gasteiger partial charge in [0.1, 0.15) is 6.04 Å². The number of hydrogen-bond donors (Lipinski definition) is 2. The first-order chi connectivity index (χ1) is 11.8. The number of rotatable bonds is 10. The molecule has 6 nitrogen and oxygen atoms in total. The number of carboxylic acids is 1. The van der Waals surface area contributed by atoms with Gasteiger partial charge in [-0.1, -0.05) is 18.5 Å². The first-order valence-corrected chi connectivity index (χ1v) is 8.08. The molecule has 0 fully saturated rings. The Morgan fingerprint density at radius 3 is 2.48 bits per heavy atom. The molecule has 0 aliphatic carbocycles. The highest BCUT2D eigenvalue weighted by molar-refractivity contribution is 6.32. The van der Waals surface area contributed by atoms with E-state index in [1.807, 2.05) is 12.2 Å². The van der Waals surface area contributed by atoms with Gasteiger partial charge in [-0.05, 0) is 25.5 Å². The van der Waals surface area contributed by atoms with E-state index in [0.29, 0.717) is 6.61 Å². The van der Waals surface area contributed by atoms with Crippen LogP contribution in [0, 0.1) is 0 Å². The number of benzene rings is 1. The Labute approximate surface area is 149 Å². The Morgan fingerprint density at radius 2 is 1.96 bits per heavy atom. The maximum atomic E-state index is 12.4. The van der Waals surface area contributed by atoms with Crippen LogP contribution in [-0.2, 0) is 4.79 Å². The number of ether oxygens (including phenoxy) is 2. The second-order valence-electron chi connectivity index (χ2n) is 5.06. The Hall–Kier alpha value is -2.09. The summed E-state index contributed by atoms with van der Waals surface area (Å²) >= 11 is 6.11. The van der Waals surface area contributed by atoms with Crippen molar-refractivity contribution in [1.82, 2.24) is 5.32 Å². The Balaban J connectivity index is 3.06. The van der Waals surface area contributed by atoms with Crippen molar-refractivity contribution < 1.29 is 33.0 Å². The van der Waals surface area contributed by atoms with Crippen LogP contribution in [0.25, 0.3) is 0 Å². The molecule has 0 saturated carbocycles. The summed E-state index contributed by atoms with van der Waals surface area (Å²) in [6, 6.07) is 0.890. The lowest BCUT2D eigenvalue weighted by Gasteiger charge is -2.17. The van der Waals surface area contributed by atoms with Crippen LogP contribution >= 0.6 is 11.6 Å². The molecule has 0 spiro atoms. The molecular formula is C16H20ClF2NO5. The van der Waals surface area contributed by atoms with Gasteiger partial charge in [0.25, 0.3) is 5.91 Å². The van der Waals surface area contributed by atoms with Crippen molar-refractivity contribution in [3.8, 4) is 11.5 Å². The second-order valence-corrected chi connectivity index (χ2v) is 5.47. The fourth-order valence-corrected chi connectivity index (χ4v) is 2.21. The molecule has 0 saturated heterocycles. The number of halogens is 3. The molecule has 0 aliphatic rings. The van der Waals surface area contributed by atoms with E-state index >= 15 is 0 Å². The summed E-state index contributed by atoms with van der Waals surface area (Å²) in [6.45, 7) is 4.31. The first kappa shape index (κ1) is 21.0. The van der Waals surface area contributed by atoms with Gasteiger partial charge in [-0.15, -0.1) is 0 Å². The number of carbonyl (C=O) groups excluding carboxylic acids is 1. The SMILES string of the molecule is CCCOc1c(Cl)cc(C(=O)NC(CC(F)F)C(=O)O)cc1OCC. The quantitative estimate of drug-likeness (QED) is 0.651. The minimum atomic E-state index is -2.87. The molecule has 1 aromatic carbocycles. The zero-order valence-corrected chi connectivity index (χ0v) is 14.6. The highest BCUT2D eigenvalue weighted by Crippen LogP contribution is 2.36. The molecule has 1 unspecified atom stereocenters. The number of nitrogens with one attached hydrogen (secondary N) is 1.